The van der Waals surface area contributed by atoms with Crippen molar-refractivity contribution in [1.82, 2.24) is 4.98 Å². The molecule has 0 saturated carbocycles. The monoisotopic (exact) mass is 237 g/mol. The lowest BCUT2D eigenvalue weighted by Gasteiger charge is -2.02. The summed E-state index contributed by atoms with van der Waals surface area (Å²) in [5.74, 6) is 0.303. The van der Waals surface area contributed by atoms with E-state index in [1.165, 1.54) is 18.9 Å². The first kappa shape index (κ1) is 12.3. The zero-order chi connectivity index (χ0) is 12.0. The Morgan fingerprint density at radius 3 is 3.06 bits per heavy atom. The number of rotatable bonds is 4. The molecule has 0 radical (unpaired) electrons. The fourth-order valence-electron chi connectivity index (χ4n) is 0.963. The maximum atomic E-state index is 10.9. The predicted molar refractivity (Wildman–Crippen MR) is 60.7 cm³/mol. The van der Waals surface area contributed by atoms with Gasteiger partial charge in [0.05, 0.1) is 24.2 Å². The number of carbonyl (C=O) groups excluding carboxylic acids is 1. The summed E-state index contributed by atoms with van der Waals surface area (Å²) in [5.41, 5.74) is 6.10. The maximum Gasteiger partial charge on any atom is 0.306 e. The van der Waals surface area contributed by atoms with Crippen LogP contribution in [0.4, 0.5) is 5.69 Å². The molecule has 1 aromatic rings. The fraction of sp³-hybridized carbons (Fsp3) is 0.300. The minimum atomic E-state index is -0.261. The van der Waals surface area contributed by atoms with Crippen molar-refractivity contribution in [2.24, 2.45) is 0 Å². The molecule has 0 aliphatic heterocycles. The number of esters is 1. The van der Waals surface area contributed by atoms with Gasteiger partial charge in [-0.25, -0.2) is 4.98 Å². The van der Waals surface area contributed by atoms with E-state index in [0.29, 0.717) is 22.9 Å². The Kier molecular flexibility index (Phi) is 4.61. The van der Waals surface area contributed by atoms with Crippen LogP contribution in [-0.2, 0) is 9.53 Å². The Labute approximate surface area is 97.6 Å². The lowest BCUT2D eigenvalue weighted by molar-refractivity contribution is -0.140. The van der Waals surface area contributed by atoms with Crippen LogP contribution in [0.5, 0.6) is 0 Å². The van der Waals surface area contributed by atoms with Crippen LogP contribution >= 0.6 is 11.8 Å². The number of pyridine rings is 1. The third-order valence-electron chi connectivity index (χ3n) is 1.79. The number of hydrogen-bond acceptors (Lipinski definition) is 6. The minimum Gasteiger partial charge on any atom is -0.469 e. The van der Waals surface area contributed by atoms with Gasteiger partial charge in [0, 0.05) is 5.75 Å². The van der Waals surface area contributed by atoms with Gasteiger partial charge in [-0.1, -0.05) is 0 Å². The molecule has 1 heterocycles. The Morgan fingerprint density at radius 1 is 1.69 bits per heavy atom. The van der Waals surface area contributed by atoms with E-state index < -0.39 is 0 Å². The van der Waals surface area contributed by atoms with Crippen LogP contribution < -0.4 is 5.73 Å². The van der Waals surface area contributed by atoms with E-state index in [4.69, 9.17) is 11.0 Å². The SMILES string of the molecule is COC(=O)CCSc1ccc(N)c(C#N)n1. The number of hydrogen-bond donors (Lipinski definition) is 1. The van der Waals surface area contributed by atoms with Crippen molar-refractivity contribution in [3.8, 4) is 6.07 Å². The quantitative estimate of drug-likeness (QED) is 0.625. The summed E-state index contributed by atoms with van der Waals surface area (Å²) >= 11 is 1.38. The summed E-state index contributed by atoms with van der Waals surface area (Å²) in [7, 11) is 1.35. The van der Waals surface area contributed by atoms with E-state index in [1.54, 1.807) is 12.1 Å². The third kappa shape index (κ3) is 3.44. The second-order valence-corrected chi connectivity index (χ2v) is 3.99. The summed E-state index contributed by atoms with van der Waals surface area (Å²) in [6.07, 6.45) is 0.315. The highest BCUT2D eigenvalue weighted by Crippen LogP contribution is 2.19. The molecule has 0 bridgehead atoms. The van der Waals surface area contributed by atoms with Gasteiger partial charge in [0.25, 0.3) is 0 Å². The molecule has 0 atom stereocenters. The molecule has 2 N–H and O–H groups in total. The van der Waals surface area contributed by atoms with Crippen molar-refractivity contribution in [3.05, 3.63) is 17.8 Å². The molecule has 84 valence electrons. The molecule has 0 spiro atoms. The number of nitrogens with zero attached hydrogens (tertiary/aromatic N) is 2. The van der Waals surface area contributed by atoms with Crippen molar-refractivity contribution >= 4 is 23.4 Å². The van der Waals surface area contributed by atoms with Crippen LogP contribution in [-0.4, -0.2) is 23.8 Å². The van der Waals surface area contributed by atoms with Crippen LogP contribution in [0.15, 0.2) is 17.2 Å². The summed E-state index contributed by atoms with van der Waals surface area (Å²) < 4.78 is 4.51. The van der Waals surface area contributed by atoms with Crippen LogP contribution in [0.3, 0.4) is 0 Å². The number of aromatic nitrogens is 1. The van der Waals surface area contributed by atoms with Crippen molar-refractivity contribution in [2.75, 3.05) is 18.6 Å². The molecule has 0 fully saturated rings. The zero-order valence-electron chi connectivity index (χ0n) is 8.77. The van der Waals surface area contributed by atoms with Gasteiger partial charge in [-0.3, -0.25) is 4.79 Å². The van der Waals surface area contributed by atoms with Crippen molar-refractivity contribution in [2.45, 2.75) is 11.4 Å². The molecule has 1 aromatic heterocycles. The van der Waals surface area contributed by atoms with Crippen molar-refractivity contribution in [3.63, 3.8) is 0 Å². The molecule has 5 nitrogen and oxygen atoms in total. The molecule has 0 aromatic carbocycles. The van der Waals surface area contributed by atoms with Crippen LogP contribution in [0, 0.1) is 11.3 Å². The van der Waals surface area contributed by atoms with Gasteiger partial charge in [0.15, 0.2) is 5.69 Å². The van der Waals surface area contributed by atoms with Crippen molar-refractivity contribution in [1.29, 1.82) is 5.26 Å². The molecule has 0 aliphatic carbocycles. The number of nitriles is 1. The third-order valence-corrected chi connectivity index (χ3v) is 2.72. The predicted octanol–water partition coefficient (Wildman–Crippen LogP) is 1.19. The Morgan fingerprint density at radius 2 is 2.44 bits per heavy atom. The van der Waals surface area contributed by atoms with Gasteiger partial charge in [-0.2, -0.15) is 5.26 Å². The largest absolute Gasteiger partial charge is 0.469 e. The van der Waals surface area contributed by atoms with Gasteiger partial charge in [-0.15, -0.1) is 11.8 Å². The number of ether oxygens (including phenoxy) is 1. The topological polar surface area (TPSA) is 89.0 Å². The molecule has 0 amide bonds. The lowest BCUT2D eigenvalue weighted by atomic mass is 10.3. The van der Waals surface area contributed by atoms with Gasteiger partial charge in [0.1, 0.15) is 6.07 Å². The first-order valence-corrected chi connectivity index (χ1v) is 5.52. The Bertz CT molecular complexity index is 429. The number of methoxy groups -OCH3 is 1. The molecule has 6 heteroatoms. The molecular formula is C10H11N3O2S. The number of carbonyl (C=O) groups is 1. The van der Waals surface area contributed by atoms with Crippen LogP contribution in [0.1, 0.15) is 12.1 Å². The van der Waals surface area contributed by atoms with Crippen molar-refractivity contribution < 1.29 is 9.53 Å². The standard InChI is InChI=1S/C10H11N3O2S/c1-15-10(14)4-5-16-9-3-2-7(12)8(6-11)13-9/h2-3H,4-5,12H2,1H3. The lowest BCUT2D eigenvalue weighted by Crippen LogP contribution is -2.01. The minimum absolute atomic E-state index is 0.211. The molecular weight excluding hydrogens is 226 g/mol. The first-order chi connectivity index (χ1) is 7.67. The molecule has 16 heavy (non-hydrogen) atoms. The van der Waals surface area contributed by atoms with E-state index in [2.05, 4.69) is 9.72 Å². The second-order valence-electron chi connectivity index (χ2n) is 2.87. The summed E-state index contributed by atoms with van der Waals surface area (Å²) in [6.45, 7) is 0. The van der Waals surface area contributed by atoms with Crippen LogP contribution in [0.25, 0.3) is 0 Å². The van der Waals surface area contributed by atoms with Crippen LogP contribution in [0.2, 0.25) is 0 Å². The Hall–Kier alpha value is -1.74. The van der Waals surface area contributed by atoms with E-state index in [9.17, 15) is 4.79 Å². The van der Waals surface area contributed by atoms with E-state index >= 15 is 0 Å². The van der Waals surface area contributed by atoms with E-state index in [1.807, 2.05) is 6.07 Å². The van der Waals surface area contributed by atoms with Gasteiger partial charge in [-0.05, 0) is 12.1 Å². The highest BCUT2D eigenvalue weighted by Gasteiger charge is 2.04. The normalized spacial score (nSPS) is 9.50. The zero-order valence-corrected chi connectivity index (χ0v) is 9.58. The Balaban J connectivity index is 2.55. The van der Waals surface area contributed by atoms with Gasteiger partial charge < -0.3 is 10.5 Å². The smallest absolute Gasteiger partial charge is 0.306 e. The molecule has 1 rings (SSSR count). The highest BCUT2D eigenvalue weighted by molar-refractivity contribution is 7.99. The summed E-state index contributed by atoms with van der Waals surface area (Å²) in [5, 5.41) is 9.39. The van der Waals surface area contributed by atoms with E-state index in [0.717, 1.165) is 0 Å². The molecule has 0 aliphatic rings. The fourth-order valence-corrected chi connectivity index (χ4v) is 1.76. The number of thioether (sulfide) groups is 1. The summed E-state index contributed by atoms with van der Waals surface area (Å²) in [4.78, 5) is 14.9. The van der Waals surface area contributed by atoms with Gasteiger partial charge in [0.2, 0.25) is 0 Å². The van der Waals surface area contributed by atoms with Gasteiger partial charge >= 0.3 is 5.97 Å². The second kappa shape index (κ2) is 5.98. The molecule has 0 unspecified atom stereocenters. The average Bonchev–Trinajstić information content (AvgIpc) is 2.31. The summed E-state index contributed by atoms with van der Waals surface area (Å²) in [6, 6.07) is 5.26. The number of anilines is 1. The average molecular weight is 237 g/mol. The van der Waals surface area contributed by atoms with E-state index in [-0.39, 0.29) is 11.7 Å². The highest BCUT2D eigenvalue weighted by atomic mass is 32.2. The molecule has 0 saturated heterocycles. The first-order valence-electron chi connectivity index (χ1n) is 4.53. The number of nitrogen functional groups attached to an aromatic ring is 1. The maximum absolute atomic E-state index is 10.9. The number of nitrogens with two attached hydrogens (primary N) is 1.